The molecule has 0 saturated heterocycles. The van der Waals surface area contributed by atoms with Crippen LogP contribution in [-0.4, -0.2) is 28.6 Å². The largest absolute Gasteiger partial charge is 0.343 e. The lowest BCUT2D eigenvalue weighted by atomic mass is 10.0. The number of carbonyl (C=O) groups is 1. The summed E-state index contributed by atoms with van der Waals surface area (Å²) in [5.74, 6) is -0.156. The molecule has 9 heteroatoms. The summed E-state index contributed by atoms with van der Waals surface area (Å²) in [6.45, 7) is 0.127. The summed E-state index contributed by atoms with van der Waals surface area (Å²) in [5.41, 5.74) is 3.16. The van der Waals surface area contributed by atoms with Gasteiger partial charge in [0, 0.05) is 28.7 Å². The van der Waals surface area contributed by atoms with Crippen LogP contribution < -0.4 is 5.32 Å². The van der Waals surface area contributed by atoms with Crippen molar-refractivity contribution in [2.24, 2.45) is 0 Å². The van der Waals surface area contributed by atoms with Crippen molar-refractivity contribution >= 4 is 38.6 Å². The van der Waals surface area contributed by atoms with Gasteiger partial charge in [0.1, 0.15) is 0 Å². The van der Waals surface area contributed by atoms with Crippen LogP contribution in [-0.2, 0) is 28.7 Å². The summed E-state index contributed by atoms with van der Waals surface area (Å²) in [4.78, 5) is 22.1. The molecule has 1 fully saturated rings. The number of benzene rings is 3. The van der Waals surface area contributed by atoms with Gasteiger partial charge >= 0.3 is 0 Å². The number of nitrogens with one attached hydrogen (secondary N) is 1. The fourth-order valence-corrected chi connectivity index (χ4v) is 6.39. The van der Waals surface area contributed by atoms with Crippen LogP contribution in [0.1, 0.15) is 40.0 Å². The SMILES string of the molecule is O=C(NC1(c2ccccc2)CC1)c1ccc(CN(Cc2ccc3cccnc3n2)S(=O)(=O)c2ccc(Cl)cc2)cc1. The van der Waals surface area contributed by atoms with E-state index in [-0.39, 0.29) is 29.4 Å². The van der Waals surface area contributed by atoms with Crippen LogP contribution in [0.3, 0.4) is 0 Å². The molecule has 1 saturated carbocycles. The molecule has 206 valence electrons. The standard InChI is InChI=1S/C32H27ClN4O3S/c33-27-13-16-29(17-14-27)41(39,40)37(22-28-15-12-24-5-4-20-34-30(24)35-28)21-23-8-10-25(11-9-23)31(38)36-32(18-19-32)26-6-2-1-3-7-26/h1-17,20H,18-19,21-22H2,(H,36,38). The fourth-order valence-electron chi connectivity index (χ4n) is 4.87. The van der Waals surface area contributed by atoms with Crippen LogP contribution in [0, 0.1) is 0 Å². The summed E-state index contributed by atoms with van der Waals surface area (Å²) in [5, 5.41) is 4.51. The first-order valence-electron chi connectivity index (χ1n) is 13.3. The Balaban J connectivity index is 1.24. The second-order valence-electron chi connectivity index (χ2n) is 10.2. The van der Waals surface area contributed by atoms with Gasteiger partial charge in [-0.15, -0.1) is 0 Å². The average Bonchev–Trinajstić information content (AvgIpc) is 3.78. The third-order valence-electron chi connectivity index (χ3n) is 7.32. The molecular formula is C32H27ClN4O3S. The molecule has 1 aliphatic rings. The Hall–Kier alpha value is -4.11. The lowest BCUT2D eigenvalue weighted by Gasteiger charge is -2.22. The average molecular weight is 583 g/mol. The van der Waals surface area contributed by atoms with E-state index >= 15 is 0 Å². The molecule has 6 rings (SSSR count). The van der Waals surface area contributed by atoms with E-state index in [1.54, 1.807) is 42.6 Å². The fraction of sp³-hybridized carbons (Fsp3) is 0.156. The molecule has 0 spiro atoms. The predicted octanol–water partition coefficient (Wildman–Crippen LogP) is 6.09. The number of halogens is 1. The van der Waals surface area contributed by atoms with E-state index < -0.39 is 10.0 Å². The van der Waals surface area contributed by atoms with Crippen LogP contribution in [0.25, 0.3) is 11.0 Å². The monoisotopic (exact) mass is 582 g/mol. The Bertz CT molecular complexity index is 1810. The smallest absolute Gasteiger partial charge is 0.251 e. The second-order valence-corrected chi connectivity index (χ2v) is 12.6. The number of fused-ring (bicyclic) bond motifs is 1. The highest BCUT2D eigenvalue weighted by Crippen LogP contribution is 2.45. The maximum absolute atomic E-state index is 13.8. The number of amides is 1. The number of hydrogen-bond acceptors (Lipinski definition) is 5. The molecule has 0 aliphatic heterocycles. The van der Waals surface area contributed by atoms with Crippen LogP contribution in [0.15, 0.2) is 114 Å². The number of hydrogen-bond donors (Lipinski definition) is 1. The number of rotatable bonds is 9. The van der Waals surface area contributed by atoms with Crippen molar-refractivity contribution < 1.29 is 13.2 Å². The second kappa shape index (κ2) is 11.0. The topological polar surface area (TPSA) is 92.3 Å². The molecule has 7 nitrogen and oxygen atoms in total. The highest BCUT2D eigenvalue weighted by atomic mass is 35.5. The van der Waals surface area contributed by atoms with E-state index in [0.717, 1.165) is 29.4 Å². The van der Waals surface area contributed by atoms with Gasteiger partial charge in [0.05, 0.1) is 22.7 Å². The number of carbonyl (C=O) groups excluding carboxylic acids is 1. The van der Waals surface area contributed by atoms with Crippen molar-refractivity contribution in [1.29, 1.82) is 0 Å². The van der Waals surface area contributed by atoms with E-state index in [4.69, 9.17) is 11.6 Å². The third-order valence-corrected chi connectivity index (χ3v) is 9.37. The normalized spacial score (nSPS) is 14.2. The summed E-state index contributed by atoms with van der Waals surface area (Å²) in [6.07, 6.45) is 3.46. The zero-order chi connectivity index (χ0) is 28.5. The maximum atomic E-state index is 13.8. The third kappa shape index (κ3) is 5.86. The predicted molar refractivity (Wildman–Crippen MR) is 159 cm³/mol. The quantitative estimate of drug-likeness (QED) is 0.227. The van der Waals surface area contributed by atoms with E-state index in [1.165, 1.54) is 16.4 Å². The number of pyridine rings is 2. The van der Waals surface area contributed by atoms with Crippen molar-refractivity contribution in [1.82, 2.24) is 19.6 Å². The molecule has 2 heterocycles. The molecular weight excluding hydrogens is 556 g/mol. The summed E-state index contributed by atoms with van der Waals surface area (Å²) in [7, 11) is -3.91. The first-order valence-corrected chi connectivity index (χ1v) is 15.1. The highest BCUT2D eigenvalue weighted by Gasteiger charge is 2.45. The molecule has 0 unspecified atom stereocenters. The van der Waals surface area contributed by atoms with Gasteiger partial charge in [0.15, 0.2) is 5.65 Å². The molecule has 2 aromatic heterocycles. The van der Waals surface area contributed by atoms with Gasteiger partial charge in [-0.25, -0.2) is 18.4 Å². The van der Waals surface area contributed by atoms with Crippen molar-refractivity contribution in [3.63, 3.8) is 0 Å². The lowest BCUT2D eigenvalue weighted by Crippen LogP contribution is -2.34. The van der Waals surface area contributed by atoms with Gasteiger partial charge in [-0.05, 0) is 84.6 Å². The van der Waals surface area contributed by atoms with Gasteiger partial charge in [0.25, 0.3) is 5.91 Å². The molecule has 1 amide bonds. The van der Waals surface area contributed by atoms with E-state index in [1.807, 2.05) is 54.6 Å². The highest BCUT2D eigenvalue weighted by molar-refractivity contribution is 7.89. The molecule has 41 heavy (non-hydrogen) atoms. The molecule has 1 N–H and O–H groups in total. The van der Waals surface area contributed by atoms with Gasteiger partial charge in [-0.1, -0.05) is 54.1 Å². The van der Waals surface area contributed by atoms with E-state index in [9.17, 15) is 13.2 Å². The van der Waals surface area contributed by atoms with Crippen LogP contribution in [0.4, 0.5) is 0 Å². The Morgan fingerprint density at radius 3 is 2.29 bits per heavy atom. The zero-order valence-electron chi connectivity index (χ0n) is 22.1. The lowest BCUT2D eigenvalue weighted by molar-refractivity contribution is 0.0930. The minimum atomic E-state index is -3.91. The Morgan fingerprint density at radius 1 is 0.854 bits per heavy atom. The number of aromatic nitrogens is 2. The maximum Gasteiger partial charge on any atom is 0.251 e. The van der Waals surface area contributed by atoms with Gasteiger partial charge in [-0.2, -0.15) is 4.31 Å². The number of sulfonamides is 1. The minimum absolute atomic E-state index is 0.0410. The molecule has 0 bridgehead atoms. The molecule has 5 aromatic rings. The van der Waals surface area contributed by atoms with Crippen LogP contribution >= 0.6 is 11.6 Å². The Kier molecular flexibility index (Phi) is 7.30. The summed E-state index contributed by atoms with van der Waals surface area (Å²) < 4.78 is 28.9. The Labute approximate surface area is 243 Å². The molecule has 0 atom stereocenters. The van der Waals surface area contributed by atoms with Gasteiger partial charge < -0.3 is 5.32 Å². The van der Waals surface area contributed by atoms with Crippen LogP contribution in [0.5, 0.6) is 0 Å². The molecule has 1 aliphatic carbocycles. The molecule has 3 aromatic carbocycles. The van der Waals surface area contributed by atoms with Crippen molar-refractivity contribution in [2.75, 3.05) is 0 Å². The van der Waals surface area contributed by atoms with Gasteiger partial charge in [0.2, 0.25) is 10.0 Å². The first-order chi connectivity index (χ1) is 19.8. The molecule has 0 radical (unpaired) electrons. The van der Waals surface area contributed by atoms with Crippen molar-refractivity contribution in [3.05, 3.63) is 137 Å². The van der Waals surface area contributed by atoms with Crippen LogP contribution in [0.2, 0.25) is 5.02 Å². The van der Waals surface area contributed by atoms with E-state index in [0.29, 0.717) is 21.9 Å². The van der Waals surface area contributed by atoms with Crippen molar-refractivity contribution in [3.8, 4) is 0 Å². The van der Waals surface area contributed by atoms with Crippen molar-refractivity contribution in [2.45, 2.75) is 36.4 Å². The Morgan fingerprint density at radius 2 is 1.59 bits per heavy atom. The number of nitrogens with zero attached hydrogens (tertiary/aromatic N) is 3. The summed E-state index contributed by atoms with van der Waals surface area (Å²) >= 11 is 6.02. The van der Waals surface area contributed by atoms with E-state index in [2.05, 4.69) is 15.3 Å². The summed E-state index contributed by atoms with van der Waals surface area (Å²) in [6, 6.07) is 30.6. The first kappa shape index (κ1) is 27.1. The minimum Gasteiger partial charge on any atom is -0.343 e. The van der Waals surface area contributed by atoms with Gasteiger partial charge in [-0.3, -0.25) is 4.79 Å². The zero-order valence-corrected chi connectivity index (χ0v) is 23.6.